The number of carbonyl (C=O) groups excluding carboxylic acids is 1. The van der Waals surface area contributed by atoms with Gasteiger partial charge in [-0.05, 0) is 18.6 Å². The summed E-state index contributed by atoms with van der Waals surface area (Å²) in [6.45, 7) is -0.225. The van der Waals surface area contributed by atoms with Crippen LogP contribution in [-0.2, 0) is 20.7 Å². The molecule has 17 heavy (non-hydrogen) atoms. The fourth-order valence-electron chi connectivity index (χ4n) is 1.09. The van der Waals surface area contributed by atoms with Gasteiger partial charge in [0.05, 0.1) is 4.34 Å². The maximum absolute atomic E-state index is 11.2. The quantitative estimate of drug-likeness (QED) is 0.784. The van der Waals surface area contributed by atoms with Gasteiger partial charge in [0.1, 0.15) is 13.2 Å². The molecule has 1 aromatic rings. The molecule has 0 bridgehead atoms. The van der Waals surface area contributed by atoms with Crippen LogP contribution in [0.3, 0.4) is 0 Å². The predicted octanol–water partition coefficient (Wildman–Crippen LogP) is 1.16. The van der Waals surface area contributed by atoms with Crippen LogP contribution in [-0.4, -0.2) is 36.7 Å². The number of ether oxygens (including phenoxy) is 1. The fraction of sp³-hybridized carbons (Fsp3) is 0.400. The molecule has 1 amide bonds. The van der Waals surface area contributed by atoms with E-state index in [4.69, 9.17) is 16.7 Å². The molecular formula is C10H12ClNO4S. The van der Waals surface area contributed by atoms with Crippen molar-refractivity contribution in [3.63, 3.8) is 0 Å². The molecule has 0 aliphatic heterocycles. The normalized spacial score (nSPS) is 10.2. The fourth-order valence-corrected chi connectivity index (χ4v) is 2.18. The number of carboxylic acids is 1. The molecule has 7 heteroatoms. The first-order valence-corrected chi connectivity index (χ1v) is 6.08. The van der Waals surface area contributed by atoms with E-state index in [0.717, 1.165) is 9.21 Å². The molecule has 0 atom stereocenters. The van der Waals surface area contributed by atoms with Crippen molar-refractivity contribution >= 4 is 34.8 Å². The highest BCUT2D eigenvalue weighted by Crippen LogP contribution is 2.21. The molecule has 94 valence electrons. The van der Waals surface area contributed by atoms with E-state index in [0.29, 0.717) is 13.0 Å². The molecule has 1 rings (SSSR count). The zero-order chi connectivity index (χ0) is 12.7. The molecule has 0 radical (unpaired) electrons. The molecule has 1 heterocycles. The molecule has 0 saturated heterocycles. The van der Waals surface area contributed by atoms with Gasteiger partial charge in [0.2, 0.25) is 5.91 Å². The number of nitrogens with one attached hydrogen (secondary N) is 1. The van der Waals surface area contributed by atoms with Gasteiger partial charge in [-0.15, -0.1) is 11.3 Å². The van der Waals surface area contributed by atoms with Crippen LogP contribution in [0.4, 0.5) is 0 Å². The highest BCUT2D eigenvalue weighted by Gasteiger charge is 2.04. The topological polar surface area (TPSA) is 75.6 Å². The molecule has 2 N–H and O–H groups in total. The second-order valence-electron chi connectivity index (χ2n) is 3.19. The summed E-state index contributed by atoms with van der Waals surface area (Å²) in [4.78, 5) is 22.4. The lowest BCUT2D eigenvalue weighted by atomic mass is 10.3. The molecule has 0 aliphatic carbocycles. The van der Waals surface area contributed by atoms with Gasteiger partial charge in [0, 0.05) is 11.4 Å². The van der Waals surface area contributed by atoms with Crippen molar-refractivity contribution in [3.8, 4) is 0 Å². The molecule has 0 unspecified atom stereocenters. The molecule has 0 spiro atoms. The number of thiophene rings is 1. The first-order chi connectivity index (χ1) is 8.08. The van der Waals surface area contributed by atoms with Crippen molar-refractivity contribution in [1.82, 2.24) is 5.32 Å². The number of hydrogen-bond acceptors (Lipinski definition) is 4. The SMILES string of the molecule is O=C(O)COCC(=O)NCCc1ccc(Cl)s1. The van der Waals surface area contributed by atoms with E-state index < -0.39 is 12.6 Å². The van der Waals surface area contributed by atoms with E-state index in [9.17, 15) is 9.59 Å². The van der Waals surface area contributed by atoms with E-state index >= 15 is 0 Å². The molecule has 0 fully saturated rings. The third kappa shape index (κ3) is 6.25. The number of carbonyl (C=O) groups is 2. The van der Waals surface area contributed by atoms with Crippen molar-refractivity contribution in [1.29, 1.82) is 0 Å². The summed E-state index contributed by atoms with van der Waals surface area (Å²) in [5.41, 5.74) is 0. The Balaban J connectivity index is 2.10. The summed E-state index contributed by atoms with van der Waals surface area (Å²) in [5.74, 6) is -1.42. The Bertz CT molecular complexity index is 393. The third-order valence-electron chi connectivity index (χ3n) is 1.78. The second-order valence-corrected chi connectivity index (χ2v) is 4.99. The van der Waals surface area contributed by atoms with Crippen molar-refractivity contribution < 1.29 is 19.4 Å². The second kappa shape index (κ2) is 7.26. The van der Waals surface area contributed by atoms with Crippen molar-refractivity contribution in [2.24, 2.45) is 0 Å². The monoisotopic (exact) mass is 277 g/mol. The highest BCUT2D eigenvalue weighted by atomic mass is 35.5. The lowest BCUT2D eigenvalue weighted by Gasteiger charge is -2.03. The van der Waals surface area contributed by atoms with E-state index in [1.54, 1.807) is 6.07 Å². The zero-order valence-electron chi connectivity index (χ0n) is 8.94. The van der Waals surface area contributed by atoms with Gasteiger partial charge in [0.25, 0.3) is 0 Å². The molecule has 1 aromatic heterocycles. The first-order valence-electron chi connectivity index (χ1n) is 4.88. The summed E-state index contributed by atoms with van der Waals surface area (Å²) in [6, 6.07) is 3.71. The standard InChI is InChI=1S/C10H12ClNO4S/c11-8-2-1-7(17-8)3-4-12-9(13)5-16-6-10(14)15/h1-2H,3-6H2,(H,12,13)(H,14,15). The Morgan fingerprint density at radius 2 is 2.18 bits per heavy atom. The van der Waals surface area contributed by atoms with Crippen LogP contribution in [0.25, 0.3) is 0 Å². The molecule has 0 saturated carbocycles. The summed E-state index contributed by atoms with van der Waals surface area (Å²) in [7, 11) is 0. The Morgan fingerprint density at radius 3 is 2.76 bits per heavy atom. The number of amides is 1. The van der Waals surface area contributed by atoms with Gasteiger partial charge < -0.3 is 15.2 Å². The highest BCUT2D eigenvalue weighted by molar-refractivity contribution is 7.16. The van der Waals surface area contributed by atoms with Gasteiger partial charge in [-0.2, -0.15) is 0 Å². The molecular weight excluding hydrogens is 266 g/mol. The van der Waals surface area contributed by atoms with Crippen LogP contribution in [0.1, 0.15) is 4.88 Å². The average molecular weight is 278 g/mol. The minimum atomic E-state index is -1.09. The smallest absolute Gasteiger partial charge is 0.329 e. The Kier molecular flexibility index (Phi) is 5.96. The summed E-state index contributed by atoms with van der Waals surface area (Å²) < 4.78 is 5.35. The van der Waals surface area contributed by atoms with Crippen LogP contribution in [0.15, 0.2) is 12.1 Å². The van der Waals surface area contributed by atoms with Crippen LogP contribution < -0.4 is 5.32 Å². The third-order valence-corrected chi connectivity index (χ3v) is 3.07. The Hall–Kier alpha value is -1.11. The molecule has 5 nitrogen and oxygen atoms in total. The number of hydrogen-bond donors (Lipinski definition) is 2. The van der Waals surface area contributed by atoms with Crippen LogP contribution >= 0.6 is 22.9 Å². The lowest BCUT2D eigenvalue weighted by molar-refractivity contribution is -0.143. The lowest BCUT2D eigenvalue weighted by Crippen LogP contribution is -2.30. The number of carboxylic acid groups (broad SMARTS) is 1. The van der Waals surface area contributed by atoms with Crippen LogP contribution in [0.2, 0.25) is 4.34 Å². The average Bonchev–Trinajstić information content (AvgIpc) is 2.63. The predicted molar refractivity (Wildman–Crippen MR) is 64.5 cm³/mol. The zero-order valence-corrected chi connectivity index (χ0v) is 10.5. The summed E-state index contributed by atoms with van der Waals surface area (Å²) in [6.07, 6.45) is 0.696. The van der Waals surface area contributed by atoms with Gasteiger partial charge in [-0.25, -0.2) is 4.79 Å². The van der Waals surface area contributed by atoms with E-state index in [2.05, 4.69) is 10.1 Å². The minimum absolute atomic E-state index is 0.239. The van der Waals surface area contributed by atoms with Crippen molar-refractivity contribution in [2.75, 3.05) is 19.8 Å². The summed E-state index contributed by atoms with van der Waals surface area (Å²) in [5, 5.41) is 10.9. The van der Waals surface area contributed by atoms with Gasteiger partial charge >= 0.3 is 5.97 Å². The Morgan fingerprint density at radius 1 is 1.41 bits per heavy atom. The maximum Gasteiger partial charge on any atom is 0.329 e. The molecule has 0 aromatic carbocycles. The Labute approximate surface area is 107 Å². The maximum atomic E-state index is 11.2. The summed E-state index contributed by atoms with van der Waals surface area (Å²) >= 11 is 7.22. The van der Waals surface area contributed by atoms with Crippen LogP contribution in [0, 0.1) is 0 Å². The number of halogens is 1. The van der Waals surface area contributed by atoms with Gasteiger partial charge in [-0.1, -0.05) is 11.6 Å². The van der Waals surface area contributed by atoms with E-state index in [1.807, 2.05) is 6.07 Å². The van der Waals surface area contributed by atoms with Crippen LogP contribution in [0.5, 0.6) is 0 Å². The van der Waals surface area contributed by atoms with E-state index in [-0.39, 0.29) is 12.5 Å². The minimum Gasteiger partial charge on any atom is -0.480 e. The largest absolute Gasteiger partial charge is 0.480 e. The van der Waals surface area contributed by atoms with Crippen molar-refractivity contribution in [2.45, 2.75) is 6.42 Å². The first kappa shape index (κ1) is 14.0. The van der Waals surface area contributed by atoms with Gasteiger partial charge in [-0.3, -0.25) is 4.79 Å². The van der Waals surface area contributed by atoms with E-state index in [1.165, 1.54) is 11.3 Å². The number of aliphatic carboxylic acids is 1. The number of rotatable bonds is 7. The van der Waals surface area contributed by atoms with Gasteiger partial charge in [0.15, 0.2) is 0 Å². The molecule has 0 aliphatic rings. The van der Waals surface area contributed by atoms with Crippen molar-refractivity contribution in [3.05, 3.63) is 21.3 Å².